The van der Waals surface area contributed by atoms with Crippen molar-refractivity contribution in [2.24, 2.45) is 0 Å². The number of carboxylic acid groups (broad SMARTS) is 1. The maximum Gasteiger partial charge on any atom is 0.328 e. The van der Waals surface area contributed by atoms with Crippen molar-refractivity contribution in [2.75, 3.05) is 33.1 Å². The number of likely N-dealkylation sites (tertiary alicyclic amines) is 1. The van der Waals surface area contributed by atoms with Crippen LogP contribution in [0.3, 0.4) is 0 Å². The molecule has 1 aliphatic rings. The first kappa shape index (κ1) is 25.5. The molecule has 0 saturated carbocycles. The maximum absolute atomic E-state index is 14.5. The van der Waals surface area contributed by atoms with Gasteiger partial charge in [0, 0.05) is 35.5 Å². The molecule has 34 heavy (non-hydrogen) atoms. The number of carbonyl (C=O) groups excluding carboxylic acids is 2. The van der Waals surface area contributed by atoms with Crippen molar-refractivity contribution in [1.82, 2.24) is 4.90 Å². The topological polar surface area (TPSA) is 93.1 Å². The molecule has 1 N–H and O–H groups in total. The molecule has 0 bridgehead atoms. The van der Waals surface area contributed by atoms with Crippen molar-refractivity contribution in [3.63, 3.8) is 0 Å². The first-order valence-corrected chi connectivity index (χ1v) is 11.7. The molecule has 1 unspecified atom stereocenters. The van der Waals surface area contributed by atoms with Gasteiger partial charge < -0.3 is 14.6 Å². The van der Waals surface area contributed by atoms with Crippen molar-refractivity contribution < 1.29 is 33.4 Å². The van der Waals surface area contributed by atoms with Crippen LogP contribution in [0.15, 0.2) is 60.2 Å². The van der Waals surface area contributed by atoms with Crippen LogP contribution in [0.5, 0.6) is 5.75 Å². The molecule has 0 spiro atoms. The van der Waals surface area contributed by atoms with Crippen LogP contribution in [-0.2, 0) is 14.3 Å². The van der Waals surface area contributed by atoms with Crippen LogP contribution in [0, 0.1) is 5.82 Å². The van der Waals surface area contributed by atoms with E-state index in [1.807, 2.05) is 0 Å². The Kier molecular flexibility index (Phi) is 8.84. The Morgan fingerprint density at radius 3 is 2.65 bits per heavy atom. The molecule has 9 heteroatoms. The largest absolute Gasteiger partial charge is 0.497 e. The molecule has 7 nitrogen and oxygen atoms in total. The van der Waals surface area contributed by atoms with Gasteiger partial charge in [-0.25, -0.2) is 14.0 Å². The van der Waals surface area contributed by atoms with Gasteiger partial charge in [-0.3, -0.25) is 9.69 Å². The molecule has 1 aliphatic heterocycles. The standard InChI is InChI=1S/C25H26FNO6S/c1-32-18-7-5-6-16(12-18)21(28)15-34-22-10-11-27(14-17(22)13-23(29)30)24(25(31)33-2)19-8-3-4-9-20(19)26/h3-9,12-13,22,24H,10-11,14-15H2,1-2H3,(H,29,30)/b17-13+/t22?,24-/m0/s1. The molecule has 1 saturated heterocycles. The van der Waals surface area contributed by atoms with Gasteiger partial charge in [0.2, 0.25) is 0 Å². The summed E-state index contributed by atoms with van der Waals surface area (Å²) in [6, 6.07) is 11.8. The van der Waals surface area contributed by atoms with Crippen molar-refractivity contribution in [2.45, 2.75) is 17.7 Å². The number of thioether (sulfide) groups is 1. The molecule has 1 heterocycles. The van der Waals surface area contributed by atoms with E-state index in [4.69, 9.17) is 9.47 Å². The fourth-order valence-corrected chi connectivity index (χ4v) is 5.08. The molecule has 0 aliphatic carbocycles. The minimum atomic E-state index is -1.12. The van der Waals surface area contributed by atoms with Gasteiger partial charge in [0.05, 0.1) is 20.0 Å². The van der Waals surface area contributed by atoms with Gasteiger partial charge in [-0.05, 0) is 30.2 Å². The van der Waals surface area contributed by atoms with Crippen molar-refractivity contribution in [3.8, 4) is 5.75 Å². The molecule has 1 fully saturated rings. The molecule has 0 amide bonds. The first-order chi connectivity index (χ1) is 16.3. The van der Waals surface area contributed by atoms with Gasteiger partial charge >= 0.3 is 11.9 Å². The van der Waals surface area contributed by atoms with Gasteiger partial charge in [0.1, 0.15) is 17.6 Å². The van der Waals surface area contributed by atoms with E-state index in [9.17, 15) is 23.9 Å². The summed E-state index contributed by atoms with van der Waals surface area (Å²) in [5.74, 6) is -1.65. The number of nitrogens with zero attached hydrogens (tertiary/aromatic N) is 1. The Hall–Kier alpha value is -3.17. The highest BCUT2D eigenvalue weighted by Gasteiger charge is 2.36. The summed E-state index contributed by atoms with van der Waals surface area (Å²) in [7, 11) is 2.76. The zero-order valence-corrected chi connectivity index (χ0v) is 19.7. The van der Waals surface area contributed by atoms with Crippen LogP contribution in [0.4, 0.5) is 4.39 Å². The Morgan fingerprint density at radius 2 is 1.97 bits per heavy atom. The number of Topliss-reactive ketones (excluding diaryl/α,β-unsaturated/α-hetero) is 1. The summed E-state index contributed by atoms with van der Waals surface area (Å²) in [5, 5.41) is 9.17. The molecular formula is C25H26FNO6S. The predicted octanol–water partition coefficient (Wildman–Crippen LogP) is 3.75. The van der Waals surface area contributed by atoms with E-state index >= 15 is 0 Å². The number of carbonyl (C=O) groups is 3. The second kappa shape index (κ2) is 11.8. The van der Waals surface area contributed by atoms with Crippen molar-refractivity contribution in [1.29, 1.82) is 0 Å². The number of methoxy groups -OCH3 is 2. The minimum Gasteiger partial charge on any atom is -0.497 e. The molecule has 0 radical (unpaired) electrons. The summed E-state index contributed by atoms with van der Waals surface area (Å²) in [6.07, 6.45) is 1.59. The zero-order valence-electron chi connectivity index (χ0n) is 18.9. The highest BCUT2D eigenvalue weighted by Crippen LogP contribution is 2.34. The molecule has 2 aromatic rings. The number of hydrogen-bond donors (Lipinski definition) is 1. The average molecular weight is 488 g/mol. The predicted molar refractivity (Wildman–Crippen MR) is 127 cm³/mol. The van der Waals surface area contributed by atoms with E-state index < -0.39 is 23.8 Å². The number of piperidine rings is 1. The number of aliphatic carboxylic acids is 1. The number of ketones is 1. The third-order valence-corrected chi connectivity index (χ3v) is 6.95. The van der Waals surface area contributed by atoms with Gasteiger partial charge in [0.25, 0.3) is 0 Å². The van der Waals surface area contributed by atoms with Crippen LogP contribution in [0.2, 0.25) is 0 Å². The molecular weight excluding hydrogens is 461 g/mol. The summed E-state index contributed by atoms with van der Waals surface area (Å²) < 4.78 is 24.6. The fourth-order valence-electron chi connectivity index (χ4n) is 3.93. The Balaban J connectivity index is 1.77. The van der Waals surface area contributed by atoms with E-state index in [-0.39, 0.29) is 28.9 Å². The van der Waals surface area contributed by atoms with Gasteiger partial charge in [-0.1, -0.05) is 30.3 Å². The van der Waals surface area contributed by atoms with Crippen LogP contribution in [0.25, 0.3) is 0 Å². The lowest BCUT2D eigenvalue weighted by molar-refractivity contribution is -0.147. The van der Waals surface area contributed by atoms with E-state index in [1.165, 1.54) is 44.2 Å². The molecule has 2 aromatic carbocycles. The van der Waals surface area contributed by atoms with E-state index in [0.29, 0.717) is 29.9 Å². The number of rotatable bonds is 9. The van der Waals surface area contributed by atoms with Crippen LogP contribution in [0.1, 0.15) is 28.4 Å². The number of benzene rings is 2. The first-order valence-electron chi connectivity index (χ1n) is 10.6. The van der Waals surface area contributed by atoms with Crippen molar-refractivity contribution in [3.05, 3.63) is 77.1 Å². The molecule has 180 valence electrons. The monoisotopic (exact) mass is 487 g/mol. The van der Waals surface area contributed by atoms with Crippen LogP contribution >= 0.6 is 11.8 Å². The highest BCUT2D eigenvalue weighted by molar-refractivity contribution is 8.00. The smallest absolute Gasteiger partial charge is 0.328 e. The summed E-state index contributed by atoms with van der Waals surface area (Å²) in [5.41, 5.74) is 1.23. The van der Waals surface area contributed by atoms with Crippen LogP contribution in [-0.4, -0.2) is 66.0 Å². The molecule has 3 rings (SSSR count). The second-order valence-electron chi connectivity index (χ2n) is 7.72. The summed E-state index contributed by atoms with van der Waals surface area (Å²) >= 11 is 1.35. The number of hydrogen-bond acceptors (Lipinski definition) is 7. The number of halogens is 1. The number of ether oxygens (including phenoxy) is 2. The molecule has 0 aromatic heterocycles. The van der Waals surface area contributed by atoms with E-state index in [2.05, 4.69) is 0 Å². The third-order valence-electron chi connectivity index (χ3n) is 5.58. The second-order valence-corrected chi connectivity index (χ2v) is 8.91. The zero-order chi connectivity index (χ0) is 24.7. The van der Waals surface area contributed by atoms with Crippen molar-refractivity contribution >= 4 is 29.5 Å². The van der Waals surface area contributed by atoms with Gasteiger partial charge in [0.15, 0.2) is 5.78 Å². The Bertz CT molecular complexity index is 1090. The van der Waals surface area contributed by atoms with E-state index in [0.717, 1.165) is 6.08 Å². The summed E-state index contributed by atoms with van der Waals surface area (Å²) in [4.78, 5) is 38.5. The maximum atomic E-state index is 14.5. The van der Waals surface area contributed by atoms with E-state index in [1.54, 1.807) is 35.2 Å². The minimum absolute atomic E-state index is 0.0974. The van der Waals surface area contributed by atoms with Gasteiger partial charge in [-0.15, -0.1) is 11.8 Å². The summed E-state index contributed by atoms with van der Waals surface area (Å²) in [6.45, 7) is 0.529. The number of esters is 1. The van der Waals surface area contributed by atoms with Gasteiger partial charge in [-0.2, -0.15) is 0 Å². The lowest BCUT2D eigenvalue weighted by Crippen LogP contribution is -2.43. The SMILES string of the molecule is COC(=O)[C@H](c1ccccc1F)N1CCC(SCC(=O)c2cccc(OC)c2)/C(=C/C(=O)O)C1. The highest BCUT2D eigenvalue weighted by atomic mass is 32.2. The third kappa shape index (κ3) is 6.24. The lowest BCUT2D eigenvalue weighted by atomic mass is 9.98. The fraction of sp³-hybridized carbons (Fsp3) is 0.320. The average Bonchev–Trinajstić information content (AvgIpc) is 2.84. The van der Waals surface area contributed by atoms with Crippen LogP contribution < -0.4 is 4.74 Å². The quantitative estimate of drug-likeness (QED) is 0.325. The Labute approximate surface area is 201 Å². The lowest BCUT2D eigenvalue weighted by Gasteiger charge is -2.37. The number of carboxylic acids is 1. The molecule has 2 atom stereocenters. The normalized spacial score (nSPS) is 18.3. The Morgan fingerprint density at radius 1 is 1.21 bits per heavy atom.